The van der Waals surface area contributed by atoms with Gasteiger partial charge >= 0.3 is 0 Å². The van der Waals surface area contributed by atoms with Gasteiger partial charge in [-0.25, -0.2) is 4.98 Å². The fourth-order valence-corrected chi connectivity index (χ4v) is 4.49. The Hall–Kier alpha value is -0.0200. The molecule has 1 aromatic rings. The summed E-state index contributed by atoms with van der Waals surface area (Å²) in [4.78, 5) is 9.38. The smallest absolute Gasteiger partial charge is 0.191 e. The van der Waals surface area contributed by atoms with Crippen molar-refractivity contribution in [3.8, 4) is 0 Å². The number of thioether (sulfide) groups is 1. The van der Waals surface area contributed by atoms with Gasteiger partial charge in [-0.3, -0.25) is 4.99 Å². The van der Waals surface area contributed by atoms with Crippen molar-refractivity contribution in [2.24, 2.45) is 4.99 Å². The highest BCUT2D eigenvalue weighted by Crippen LogP contribution is 2.37. The molecular formula is C16H29IN4S2. The van der Waals surface area contributed by atoms with Crippen molar-refractivity contribution < 1.29 is 0 Å². The van der Waals surface area contributed by atoms with Crippen molar-refractivity contribution in [3.63, 3.8) is 0 Å². The highest BCUT2D eigenvalue weighted by atomic mass is 127. The molecule has 132 valence electrons. The third kappa shape index (κ3) is 7.17. The highest BCUT2D eigenvalue weighted by Gasteiger charge is 2.29. The van der Waals surface area contributed by atoms with E-state index in [1.807, 2.05) is 0 Å². The fraction of sp³-hybridized carbons (Fsp3) is 0.750. The molecule has 0 aromatic carbocycles. The Morgan fingerprint density at radius 2 is 2.22 bits per heavy atom. The second-order valence-corrected chi connectivity index (χ2v) is 8.49. The fourth-order valence-electron chi connectivity index (χ4n) is 2.48. The molecule has 2 N–H and O–H groups in total. The molecule has 0 spiro atoms. The first-order valence-electron chi connectivity index (χ1n) is 8.24. The van der Waals surface area contributed by atoms with Crippen LogP contribution in [0.15, 0.2) is 10.4 Å². The molecule has 2 rings (SSSR count). The van der Waals surface area contributed by atoms with Gasteiger partial charge in [-0.1, -0.05) is 6.92 Å². The van der Waals surface area contributed by atoms with E-state index in [4.69, 9.17) is 4.99 Å². The van der Waals surface area contributed by atoms with Crippen LogP contribution in [0, 0.1) is 0 Å². The van der Waals surface area contributed by atoms with Crippen molar-refractivity contribution in [3.05, 3.63) is 16.1 Å². The topological polar surface area (TPSA) is 49.3 Å². The Balaban J connectivity index is 0.00000264. The minimum atomic E-state index is 0. The van der Waals surface area contributed by atoms with Gasteiger partial charge in [0.15, 0.2) is 5.96 Å². The number of thiazole rings is 1. The monoisotopic (exact) mass is 468 g/mol. The Bertz CT molecular complexity index is 484. The molecule has 1 atom stereocenters. The predicted molar refractivity (Wildman–Crippen MR) is 115 cm³/mol. The minimum absolute atomic E-state index is 0. The zero-order valence-corrected chi connectivity index (χ0v) is 18.3. The first-order valence-corrected chi connectivity index (χ1v) is 10.1. The Labute approximate surface area is 165 Å². The SMILES string of the molecule is CCNC(=NCC1(C)CCCS1)NCCc1csc(CC)n1.I. The van der Waals surface area contributed by atoms with Gasteiger partial charge in [-0.2, -0.15) is 11.8 Å². The largest absolute Gasteiger partial charge is 0.357 e. The second kappa shape index (κ2) is 10.8. The maximum Gasteiger partial charge on any atom is 0.191 e. The summed E-state index contributed by atoms with van der Waals surface area (Å²) in [5.41, 5.74) is 1.18. The van der Waals surface area contributed by atoms with Crippen LogP contribution in [0.2, 0.25) is 0 Å². The number of aryl methyl sites for hydroxylation is 1. The van der Waals surface area contributed by atoms with Crippen LogP contribution in [0.25, 0.3) is 0 Å². The van der Waals surface area contributed by atoms with Crippen LogP contribution < -0.4 is 10.6 Å². The first-order chi connectivity index (χ1) is 10.6. The van der Waals surface area contributed by atoms with Gasteiger partial charge in [-0.05, 0) is 38.9 Å². The molecule has 0 saturated carbocycles. The number of halogens is 1. The predicted octanol–water partition coefficient (Wildman–Crippen LogP) is 3.71. The molecule has 1 unspecified atom stereocenters. The van der Waals surface area contributed by atoms with Crippen LogP contribution in [-0.2, 0) is 12.8 Å². The van der Waals surface area contributed by atoms with E-state index in [0.29, 0.717) is 4.75 Å². The standard InChI is InChI=1S/C16H28N4S2.HI/c1-4-14-20-13(11-21-14)7-9-18-15(17-5-2)19-12-16(3)8-6-10-22-16;/h11H,4-10,12H2,1-3H3,(H2,17,18,19);1H. The highest BCUT2D eigenvalue weighted by molar-refractivity contribution is 14.0. The molecule has 1 aliphatic rings. The zero-order valence-electron chi connectivity index (χ0n) is 14.4. The second-order valence-electron chi connectivity index (χ2n) is 5.86. The van der Waals surface area contributed by atoms with Gasteiger partial charge in [0.2, 0.25) is 0 Å². The summed E-state index contributed by atoms with van der Waals surface area (Å²) < 4.78 is 0.327. The van der Waals surface area contributed by atoms with Crippen LogP contribution >= 0.6 is 47.1 Å². The average Bonchev–Trinajstić information content (AvgIpc) is 3.14. The lowest BCUT2D eigenvalue weighted by molar-refractivity contribution is 0.614. The van der Waals surface area contributed by atoms with E-state index in [2.05, 4.69) is 53.5 Å². The van der Waals surface area contributed by atoms with Gasteiger partial charge in [-0.15, -0.1) is 35.3 Å². The summed E-state index contributed by atoms with van der Waals surface area (Å²) in [6.45, 7) is 9.26. The quantitative estimate of drug-likeness (QED) is 0.364. The molecule has 0 amide bonds. The van der Waals surface area contributed by atoms with E-state index in [1.54, 1.807) is 11.3 Å². The van der Waals surface area contributed by atoms with Gasteiger partial charge in [0.25, 0.3) is 0 Å². The molecule has 1 aromatic heterocycles. The van der Waals surface area contributed by atoms with E-state index >= 15 is 0 Å². The Kier molecular flexibility index (Phi) is 9.84. The number of nitrogens with zero attached hydrogens (tertiary/aromatic N) is 2. The van der Waals surface area contributed by atoms with E-state index in [0.717, 1.165) is 38.4 Å². The minimum Gasteiger partial charge on any atom is -0.357 e. The molecule has 0 bridgehead atoms. The lowest BCUT2D eigenvalue weighted by Crippen LogP contribution is -2.39. The molecule has 0 aliphatic carbocycles. The van der Waals surface area contributed by atoms with Gasteiger partial charge < -0.3 is 10.6 Å². The maximum atomic E-state index is 4.78. The molecule has 4 nitrogen and oxygen atoms in total. The van der Waals surface area contributed by atoms with Crippen LogP contribution in [0.5, 0.6) is 0 Å². The molecule has 1 saturated heterocycles. The number of aromatic nitrogens is 1. The molecule has 2 heterocycles. The van der Waals surface area contributed by atoms with Crippen molar-refractivity contribution in [2.75, 3.05) is 25.4 Å². The van der Waals surface area contributed by atoms with E-state index < -0.39 is 0 Å². The average molecular weight is 468 g/mol. The lowest BCUT2D eigenvalue weighted by atomic mass is 10.1. The van der Waals surface area contributed by atoms with Gasteiger partial charge in [0, 0.05) is 29.6 Å². The normalized spacial score (nSPS) is 21.1. The summed E-state index contributed by atoms with van der Waals surface area (Å²) in [6, 6.07) is 0. The molecule has 1 aliphatic heterocycles. The van der Waals surface area contributed by atoms with Crippen LogP contribution in [-0.4, -0.2) is 41.1 Å². The molecule has 0 radical (unpaired) electrons. The van der Waals surface area contributed by atoms with E-state index in [9.17, 15) is 0 Å². The van der Waals surface area contributed by atoms with Crippen molar-refractivity contribution >= 4 is 53.0 Å². The van der Waals surface area contributed by atoms with E-state index in [-0.39, 0.29) is 24.0 Å². The van der Waals surface area contributed by atoms with Crippen LogP contribution in [0.1, 0.15) is 44.3 Å². The molecule has 23 heavy (non-hydrogen) atoms. The molecule has 1 fully saturated rings. The van der Waals surface area contributed by atoms with Crippen LogP contribution in [0.4, 0.5) is 0 Å². The maximum absolute atomic E-state index is 4.78. The third-order valence-corrected chi connectivity index (χ3v) is 6.36. The number of hydrogen-bond acceptors (Lipinski definition) is 4. The number of hydrogen-bond donors (Lipinski definition) is 2. The summed E-state index contributed by atoms with van der Waals surface area (Å²) in [5.74, 6) is 2.21. The zero-order chi connectivity index (χ0) is 15.8. The molecule has 7 heteroatoms. The number of guanidine groups is 1. The number of rotatable bonds is 7. The first kappa shape index (κ1) is 21.0. The lowest BCUT2D eigenvalue weighted by Gasteiger charge is -2.21. The Morgan fingerprint density at radius 3 is 2.83 bits per heavy atom. The summed E-state index contributed by atoms with van der Waals surface area (Å²) >= 11 is 3.82. The number of nitrogens with one attached hydrogen (secondary N) is 2. The summed E-state index contributed by atoms with van der Waals surface area (Å²) in [7, 11) is 0. The number of aliphatic imine (C=N–C) groups is 1. The Morgan fingerprint density at radius 1 is 1.39 bits per heavy atom. The van der Waals surface area contributed by atoms with E-state index in [1.165, 1.54) is 29.3 Å². The molecular weight excluding hydrogens is 439 g/mol. The van der Waals surface area contributed by atoms with Crippen molar-refractivity contribution in [2.45, 2.75) is 51.2 Å². The third-order valence-electron chi connectivity index (χ3n) is 3.79. The van der Waals surface area contributed by atoms with Crippen molar-refractivity contribution in [1.29, 1.82) is 0 Å². The summed E-state index contributed by atoms with van der Waals surface area (Å²) in [6.07, 6.45) is 4.58. The summed E-state index contributed by atoms with van der Waals surface area (Å²) in [5, 5.41) is 10.2. The van der Waals surface area contributed by atoms with Crippen LogP contribution in [0.3, 0.4) is 0 Å². The van der Waals surface area contributed by atoms with Gasteiger partial charge in [0.1, 0.15) is 0 Å². The van der Waals surface area contributed by atoms with Gasteiger partial charge in [0.05, 0.1) is 17.2 Å². The van der Waals surface area contributed by atoms with Crippen molar-refractivity contribution in [1.82, 2.24) is 15.6 Å².